The average molecular weight is 230 g/mol. The molecule has 0 aromatic rings. The Balaban J connectivity index is 2.47. The van der Waals surface area contributed by atoms with Gasteiger partial charge in [-0.3, -0.25) is 0 Å². The van der Waals surface area contributed by atoms with Crippen molar-refractivity contribution in [1.29, 1.82) is 0 Å². The predicted octanol–water partition coefficient (Wildman–Crippen LogP) is 0.00330. The molecule has 2 N–H and O–H groups in total. The second-order valence-corrected chi connectivity index (χ2v) is 5.60. The van der Waals surface area contributed by atoms with E-state index in [-0.39, 0.29) is 18.6 Å². The van der Waals surface area contributed by atoms with Crippen LogP contribution >= 0.6 is 0 Å². The van der Waals surface area contributed by atoms with Gasteiger partial charge >= 0.3 is 0 Å². The van der Waals surface area contributed by atoms with Crippen LogP contribution in [0.4, 0.5) is 0 Å². The molecule has 96 valence electrons. The molecule has 1 atom stereocenters. The Morgan fingerprint density at radius 2 is 2.00 bits per heavy atom. The molecule has 1 saturated heterocycles. The van der Waals surface area contributed by atoms with Gasteiger partial charge in [0.15, 0.2) is 0 Å². The summed E-state index contributed by atoms with van der Waals surface area (Å²) in [5.41, 5.74) is -0.384. The molecule has 0 radical (unpaired) electrons. The van der Waals surface area contributed by atoms with Gasteiger partial charge < -0.3 is 20.0 Å². The van der Waals surface area contributed by atoms with Crippen molar-refractivity contribution in [3.05, 3.63) is 0 Å². The van der Waals surface area contributed by atoms with E-state index in [9.17, 15) is 10.2 Å². The molecule has 1 aliphatic heterocycles. The second kappa shape index (κ2) is 5.96. The summed E-state index contributed by atoms with van der Waals surface area (Å²) >= 11 is 0. The lowest BCUT2D eigenvalue weighted by Crippen LogP contribution is -2.49. The summed E-state index contributed by atoms with van der Waals surface area (Å²) in [5, 5.41) is 18.6. The highest BCUT2D eigenvalue weighted by Crippen LogP contribution is 2.20. The smallest absolute Gasteiger partial charge is 0.0519 e. The van der Waals surface area contributed by atoms with Crippen LogP contribution in [0.2, 0.25) is 0 Å². The van der Waals surface area contributed by atoms with Gasteiger partial charge in [0, 0.05) is 24.5 Å². The number of hydrogen-bond acceptors (Lipinski definition) is 4. The number of hydrogen-bond donors (Lipinski definition) is 2. The zero-order valence-corrected chi connectivity index (χ0v) is 10.8. The van der Waals surface area contributed by atoms with Crippen LogP contribution in [0.3, 0.4) is 0 Å². The molecule has 1 fully saturated rings. The number of nitrogens with zero attached hydrogens (tertiary/aromatic N) is 2. The van der Waals surface area contributed by atoms with E-state index in [1.807, 2.05) is 6.92 Å². The Hall–Kier alpha value is -0.160. The van der Waals surface area contributed by atoms with E-state index in [4.69, 9.17) is 0 Å². The molecule has 0 aromatic heterocycles. The summed E-state index contributed by atoms with van der Waals surface area (Å²) in [6, 6.07) is 0.552. The van der Waals surface area contributed by atoms with Crippen molar-refractivity contribution < 1.29 is 10.2 Å². The molecular formula is C12H26N2O2. The van der Waals surface area contributed by atoms with Crippen LogP contribution in [0, 0.1) is 5.41 Å². The molecule has 4 heteroatoms. The van der Waals surface area contributed by atoms with Crippen molar-refractivity contribution in [2.24, 2.45) is 5.41 Å². The summed E-state index contributed by atoms with van der Waals surface area (Å²) < 4.78 is 0. The molecule has 0 bridgehead atoms. The number of likely N-dealkylation sites (N-methyl/N-ethyl adjacent to an activating group) is 2. The van der Waals surface area contributed by atoms with Crippen molar-refractivity contribution in [2.75, 3.05) is 46.9 Å². The highest BCUT2D eigenvalue weighted by atomic mass is 16.3. The summed E-state index contributed by atoms with van der Waals surface area (Å²) in [4.78, 5) is 4.63. The minimum absolute atomic E-state index is 0.0381. The zero-order chi connectivity index (χ0) is 12.2. The number of likely N-dealkylation sites (tertiary alicyclic amines) is 1. The molecule has 4 nitrogen and oxygen atoms in total. The molecule has 1 rings (SSSR count). The van der Waals surface area contributed by atoms with Gasteiger partial charge in [-0.25, -0.2) is 0 Å². The Labute approximate surface area is 98.9 Å². The fourth-order valence-electron chi connectivity index (χ4n) is 2.38. The van der Waals surface area contributed by atoms with Gasteiger partial charge in [-0.05, 0) is 33.5 Å². The van der Waals surface area contributed by atoms with Crippen molar-refractivity contribution in [3.8, 4) is 0 Å². The Bertz CT molecular complexity index is 207. The molecule has 1 unspecified atom stereocenters. The van der Waals surface area contributed by atoms with Crippen LogP contribution in [0.15, 0.2) is 0 Å². The summed E-state index contributed by atoms with van der Waals surface area (Å²) in [6.07, 6.45) is 2.45. The summed E-state index contributed by atoms with van der Waals surface area (Å²) in [5.74, 6) is 0. The topological polar surface area (TPSA) is 46.9 Å². The first-order valence-electron chi connectivity index (χ1n) is 6.11. The zero-order valence-electron chi connectivity index (χ0n) is 10.8. The monoisotopic (exact) mass is 230 g/mol. The molecule has 0 aliphatic carbocycles. The lowest BCUT2D eigenvalue weighted by molar-refractivity contribution is 0.0197. The van der Waals surface area contributed by atoms with E-state index in [0.29, 0.717) is 6.04 Å². The minimum Gasteiger partial charge on any atom is -0.396 e. The molecule has 16 heavy (non-hydrogen) atoms. The normalized spacial score (nSPS) is 24.0. The van der Waals surface area contributed by atoms with Crippen LogP contribution < -0.4 is 0 Å². The van der Waals surface area contributed by atoms with Gasteiger partial charge in [-0.15, -0.1) is 0 Å². The molecule has 0 spiro atoms. The fraction of sp³-hybridized carbons (Fsp3) is 1.00. The van der Waals surface area contributed by atoms with Gasteiger partial charge in [0.2, 0.25) is 0 Å². The molecule has 0 amide bonds. The third-order valence-corrected chi connectivity index (χ3v) is 3.62. The number of rotatable bonds is 5. The number of aliphatic hydroxyl groups is 2. The van der Waals surface area contributed by atoms with E-state index in [2.05, 4.69) is 23.9 Å². The number of aliphatic hydroxyl groups excluding tert-OH is 2. The van der Waals surface area contributed by atoms with Gasteiger partial charge in [0.25, 0.3) is 0 Å². The third-order valence-electron chi connectivity index (χ3n) is 3.62. The summed E-state index contributed by atoms with van der Waals surface area (Å²) in [7, 11) is 4.24. The van der Waals surface area contributed by atoms with Crippen molar-refractivity contribution in [2.45, 2.75) is 25.8 Å². The Morgan fingerprint density at radius 3 is 2.50 bits per heavy atom. The van der Waals surface area contributed by atoms with Crippen molar-refractivity contribution in [1.82, 2.24) is 9.80 Å². The maximum atomic E-state index is 9.29. The van der Waals surface area contributed by atoms with Gasteiger partial charge in [-0.1, -0.05) is 6.92 Å². The standard InChI is InChI=1S/C12H26N2O2/c1-12(9-15,10-16)8-14(3)11-5-4-6-13(2)7-11/h11,15-16H,4-10H2,1-3H3. The van der Waals surface area contributed by atoms with Crippen LogP contribution in [0.1, 0.15) is 19.8 Å². The van der Waals surface area contributed by atoms with Gasteiger partial charge in [0.05, 0.1) is 13.2 Å². The average Bonchev–Trinajstić information content (AvgIpc) is 2.29. The van der Waals surface area contributed by atoms with E-state index >= 15 is 0 Å². The highest BCUT2D eigenvalue weighted by molar-refractivity contribution is 4.83. The van der Waals surface area contributed by atoms with E-state index in [1.165, 1.54) is 19.4 Å². The van der Waals surface area contributed by atoms with Crippen molar-refractivity contribution in [3.63, 3.8) is 0 Å². The van der Waals surface area contributed by atoms with Crippen LogP contribution in [0.25, 0.3) is 0 Å². The SMILES string of the molecule is CN1CCCC(N(C)CC(C)(CO)CO)C1. The summed E-state index contributed by atoms with van der Waals surface area (Å²) in [6.45, 7) is 5.02. The first-order chi connectivity index (χ1) is 7.50. The fourth-order valence-corrected chi connectivity index (χ4v) is 2.38. The Morgan fingerprint density at radius 1 is 1.38 bits per heavy atom. The minimum atomic E-state index is -0.384. The highest BCUT2D eigenvalue weighted by Gasteiger charge is 2.29. The third kappa shape index (κ3) is 3.70. The largest absolute Gasteiger partial charge is 0.396 e. The lowest BCUT2D eigenvalue weighted by Gasteiger charge is -2.39. The van der Waals surface area contributed by atoms with Gasteiger partial charge in [0.1, 0.15) is 0 Å². The quantitative estimate of drug-likeness (QED) is 0.698. The first-order valence-corrected chi connectivity index (χ1v) is 6.11. The van der Waals surface area contributed by atoms with E-state index in [0.717, 1.165) is 13.1 Å². The van der Waals surface area contributed by atoms with Crippen LogP contribution in [-0.2, 0) is 0 Å². The van der Waals surface area contributed by atoms with Gasteiger partial charge in [-0.2, -0.15) is 0 Å². The molecular weight excluding hydrogens is 204 g/mol. The number of piperidine rings is 1. The maximum Gasteiger partial charge on any atom is 0.0519 e. The Kier molecular flexibility index (Phi) is 5.18. The van der Waals surface area contributed by atoms with Crippen LogP contribution in [-0.4, -0.2) is 73.0 Å². The predicted molar refractivity (Wildman–Crippen MR) is 65.4 cm³/mol. The molecule has 0 saturated carbocycles. The van der Waals surface area contributed by atoms with Crippen molar-refractivity contribution >= 4 is 0 Å². The van der Waals surface area contributed by atoms with Crippen LogP contribution in [0.5, 0.6) is 0 Å². The second-order valence-electron chi connectivity index (χ2n) is 5.60. The van der Waals surface area contributed by atoms with E-state index < -0.39 is 0 Å². The van der Waals surface area contributed by atoms with E-state index in [1.54, 1.807) is 0 Å². The molecule has 1 heterocycles. The molecule has 0 aromatic carbocycles. The lowest BCUT2D eigenvalue weighted by atomic mass is 9.91. The maximum absolute atomic E-state index is 9.29. The molecule has 1 aliphatic rings. The first kappa shape index (κ1) is 13.9.